The molecule has 0 atom stereocenters. The summed E-state index contributed by atoms with van der Waals surface area (Å²) >= 11 is 1.49. The van der Waals surface area contributed by atoms with Crippen LogP contribution in [0.25, 0.3) is 22.4 Å². The standard InChI is InChI=1S/C18H14N2O3S/c1-23-16-8-4-2-6-13(16)7-3-5-9-18-19-15-12-14(20(21)22)10-11-17(15)24-18/h2-12H,1H3/b7-3+,9-5-. The van der Waals surface area contributed by atoms with Gasteiger partial charge in [0.15, 0.2) is 0 Å². The van der Waals surface area contributed by atoms with E-state index >= 15 is 0 Å². The predicted octanol–water partition coefficient (Wildman–Crippen LogP) is 4.94. The normalized spacial score (nSPS) is 11.5. The minimum absolute atomic E-state index is 0.0550. The van der Waals surface area contributed by atoms with Crippen molar-refractivity contribution < 1.29 is 9.66 Å². The Labute approximate surface area is 142 Å². The number of benzene rings is 2. The topological polar surface area (TPSA) is 65.3 Å². The lowest BCUT2D eigenvalue weighted by Crippen LogP contribution is -1.86. The van der Waals surface area contributed by atoms with Gasteiger partial charge < -0.3 is 4.74 Å². The molecule has 0 bridgehead atoms. The molecule has 0 aliphatic heterocycles. The average molecular weight is 338 g/mol. The van der Waals surface area contributed by atoms with Crippen LogP contribution in [0, 0.1) is 10.1 Å². The Morgan fingerprint density at radius 2 is 1.96 bits per heavy atom. The van der Waals surface area contributed by atoms with Crippen LogP contribution >= 0.6 is 11.3 Å². The van der Waals surface area contributed by atoms with Crippen LogP contribution in [0.2, 0.25) is 0 Å². The maximum absolute atomic E-state index is 10.8. The monoisotopic (exact) mass is 338 g/mol. The van der Waals surface area contributed by atoms with Crippen LogP contribution in [-0.4, -0.2) is 17.0 Å². The summed E-state index contributed by atoms with van der Waals surface area (Å²) in [6.45, 7) is 0. The molecule has 0 fully saturated rings. The van der Waals surface area contributed by atoms with E-state index in [9.17, 15) is 10.1 Å². The first kappa shape index (κ1) is 15.9. The van der Waals surface area contributed by atoms with E-state index in [2.05, 4.69) is 4.98 Å². The Morgan fingerprint density at radius 1 is 1.17 bits per heavy atom. The molecule has 0 saturated heterocycles. The SMILES string of the molecule is COc1ccccc1/C=C/C=C\c1nc2cc([N+](=O)[O-])ccc2s1. The molecule has 6 heteroatoms. The van der Waals surface area contributed by atoms with Crippen LogP contribution in [0.1, 0.15) is 10.6 Å². The number of methoxy groups -OCH3 is 1. The second-order valence-corrected chi connectivity index (χ2v) is 5.98. The molecule has 0 amide bonds. The first-order chi connectivity index (χ1) is 11.7. The van der Waals surface area contributed by atoms with Gasteiger partial charge in [0.1, 0.15) is 10.8 Å². The Morgan fingerprint density at radius 3 is 2.75 bits per heavy atom. The highest BCUT2D eigenvalue weighted by atomic mass is 32.1. The van der Waals surface area contributed by atoms with Crippen LogP contribution in [0.3, 0.4) is 0 Å². The number of rotatable bonds is 5. The fourth-order valence-electron chi connectivity index (χ4n) is 2.22. The maximum atomic E-state index is 10.8. The molecule has 120 valence electrons. The van der Waals surface area contributed by atoms with E-state index in [0.717, 1.165) is 21.0 Å². The first-order valence-corrected chi connectivity index (χ1v) is 8.02. The zero-order valence-corrected chi connectivity index (χ0v) is 13.7. The Kier molecular flexibility index (Phi) is 4.67. The van der Waals surface area contributed by atoms with Gasteiger partial charge >= 0.3 is 0 Å². The molecule has 0 N–H and O–H groups in total. The summed E-state index contributed by atoms with van der Waals surface area (Å²) in [6.07, 6.45) is 7.63. The number of non-ortho nitro benzene ring substituents is 1. The lowest BCUT2D eigenvalue weighted by Gasteiger charge is -2.02. The van der Waals surface area contributed by atoms with E-state index < -0.39 is 4.92 Å². The molecule has 0 aliphatic rings. The van der Waals surface area contributed by atoms with Crippen LogP contribution in [-0.2, 0) is 0 Å². The van der Waals surface area contributed by atoms with Gasteiger partial charge in [0, 0.05) is 17.7 Å². The van der Waals surface area contributed by atoms with Gasteiger partial charge in [-0.25, -0.2) is 4.98 Å². The number of para-hydroxylation sites is 1. The average Bonchev–Trinajstić information content (AvgIpc) is 3.00. The van der Waals surface area contributed by atoms with Crippen molar-refractivity contribution in [1.29, 1.82) is 0 Å². The predicted molar refractivity (Wildman–Crippen MR) is 97.3 cm³/mol. The summed E-state index contributed by atoms with van der Waals surface area (Å²) in [7, 11) is 1.64. The van der Waals surface area contributed by atoms with Crippen molar-refractivity contribution in [2.24, 2.45) is 0 Å². The van der Waals surface area contributed by atoms with Gasteiger partial charge in [-0.05, 0) is 18.2 Å². The van der Waals surface area contributed by atoms with E-state index in [1.54, 1.807) is 13.2 Å². The van der Waals surface area contributed by atoms with Crippen molar-refractivity contribution >= 4 is 39.4 Å². The number of aromatic nitrogens is 1. The second kappa shape index (κ2) is 7.06. The molecule has 0 aliphatic carbocycles. The zero-order chi connectivity index (χ0) is 16.9. The zero-order valence-electron chi connectivity index (χ0n) is 12.9. The molecule has 0 saturated carbocycles. The number of nitrogens with zero attached hydrogens (tertiary/aromatic N) is 2. The molecule has 0 radical (unpaired) electrons. The molecule has 2 aromatic carbocycles. The summed E-state index contributed by atoms with van der Waals surface area (Å²) in [5, 5.41) is 11.6. The van der Waals surface area contributed by atoms with Crippen molar-refractivity contribution in [3.8, 4) is 5.75 Å². The van der Waals surface area contributed by atoms with Crippen molar-refractivity contribution in [1.82, 2.24) is 4.98 Å². The largest absolute Gasteiger partial charge is 0.496 e. The van der Waals surface area contributed by atoms with Crippen molar-refractivity contribution in [3.63, 3.8) is 0 Å². The van der Waals surface area contributed by atoms with Gasteiger partial charge in [-0.1, -0.05) is 36.4 Å². The van der Waals surface area contributed by atoms with E-state index in [0.29, 0.717) is 5.52 Å². The lowest BCUT2D eigenvalue weighted by molar-refractivity contribution is -0.384. The van der Waals surface area contributed by atoms with E-state index in [1.807, 2.05) is 48.6 Å². The summed E-state index contributed by atoms with van der Waals surface area (Å²) in [6, 6.07) is 12.5. The molecular formula is C18H14N2O3S. The van der Waals surface area contributed by atoms with Gasteiger partial charge in [0.2, 0.25) is 0 Å². The van der Waals surface area contributed by atoms with Crippen LogP contribution in [0.5, 0.6) is 5.75 Å². The number of ether oxygens (including phenoxy) is 1. The minimum Gasteiger partial charge on any atom is -0.496 e. The van der Waals surface area contributed by atoms with Crippen molar-refractivity contribution in [2.45, 2.75) is 0 Å². The fourth-order valence-corrected chi connectivity index (χ4v) is 3.08. The Balaban J connectivity index is 1.78. The molecule has 5 nitrogen and oxygen atoms in total. The molecule has 24 heavy (non-hydrogen) atoms. The van der Waals surface area contributed by atoms with Crippen LogP contribution in [0.4, 0.5) is 5.69 Å². The highest BCUT2D eigenvalue weighted by molar-refractivity contribution is 7.19. The fraction of sp³-hybridized carbons (Fsp3) is 0.0556. The molecule has 3 rings (SSSR count). The summed E-state index contributed by atoms with van der Waals surface area (Å²) < 4.78 is 6.22. The third-order valence-electron chi connectivity index (χ3n) is 3.36. The third kappa shape index (κ3) is 3.49. The Bertz CT molecular complexity index is 944. The number of hydrogen-bond acceptors (Lipinski definition) is 5. The van der Waals surface area contributed by atoms with Crippen LogP contribution in [0.15, 0.2) is 54.6 Å². The van der Waals surface area contributed by atoms with Gasteiger partial charge in [0.25, 0.3) is 5.69 Å². The Hall–Kier alpha value is -2.99. The van der Waals surface area contributed by atoms with Crippen molar-refractivity contribution in [3.05, 3.63) is 75.3 Å². The van der Waals surface area contributed by atoms with E-state index in [-0.39, 0.29) is 5.69 Å². The van der Waals surface area contributed by atoms with Crippen LogP contribution < -0.4 is 4.74 Å². The minimum atomic E-state index is -0.412. The van der Waals surface area contributed by atoms with Gasteiger partial charge in [0.05, 0.1) is 22.2 Å². The lowest BCUT2D eigenvalue weighted by atomic mass is 10.2. The quantitative estimate of drug-likeness (QED) is 0.375. The molecule has 1 aromatic heterocycles. The molecular weight excluding hydrogens is 324 g/mol. The molecule has 0 unspecified atom stereocenters. The number of allylic oxidation sites excluding steroid dienone is 2. The highest BCUT2D eigenvalue weighted by Crippen LogP contribution is 2.26. The number of nitro benzene ring substituents is 1. The summed E-state index contributed by atoms with van der Waals surface area (Å²) in [4.78, 5) is 14.8. The maximum Gasteiger partial charge on any atom is 0.271 e. The van der Waals surface area contributed by atoms with Crippen molar-refractivity contribution in [2.75, 3.05) is 7.11 Å². The van der Waals surface area contributed by atoms with E-state index in [4.69, 9.17) is 4.74 Å². The number of nitro groups is 1. The van der Waals surface area contributed by atoms with Gasteiger partial charge in [-0.15, -0.1) is 11.3 Å². The second-order valence-electron chi connectivity index (χ2n) is 4.92. The smallest absolute Gasteiger partial charge is 0.271 e. The summed E-state index contributed by atoms with van der Waals surface area (Å²) in [5.74, 6) is 0.814. The third-order valence-corrected chi connectivity index (χ3v) is 4.36. The number of hydrogen-bond donors (Lipinski definition) is 0. The van der Waals surface area contributed by atoms with Gasteiger partial charge in [-0.3, -0.25) is 10.1 Å². The number of fused-ring (bicyclic) bond motifs is 1. The van der Waals surface area contributed by atoms with Gasteiger partial charge in [-0.2, -0.15) is 0 Å². The first-order valence-electron chi connectivity index (χ1n) is 7.20. The number of thiazole rings is 1. The highest BCUT2D eigenvalue weighted by Gasteiger charge is 2.08. The van der Waals surface area contributed by atoms with E-state index in [1.165, 1.54) is 23.5 Å². The summed E-state index contributed by atoms with van der Waals surface area (Å²) in [5.41, 5.74) is 1.69. The molecule has 0 spiro atoms. The molecule has 1 heterocycles. The molecule has 3 aromatic rings.